The first-order valence-electron chi connectivity index (χ1n) is 4.83. The Balaban J connectivity index is 2.35. The first kappa shape index (κ1) is 8.60. The van der Waals surface area contributed by atoms with E-state index in [0.717, 1.165) is 25.0 Å². The molecule has 0 spiro atoms. The second-order valence-electron chi connectivity index (χ2n) is 4.28. The van der Waals surface area contributed by atoms with Gasteiger partial charge in [-0.1, -0.05) is 6.08 Å². The molecule has 0 amide bonds. The molecule has 0 atom stereocenters. The van der Waals surface area contributed by atoms with Crippen LogP contribution in [0.15, 0.2) is 11.6 Å². The molecule has 0 bridgehead atoms. The molecule has 0 aromatic rings. The van der Waals surface area contributed by atoms with Gasteiger partial charge in [-0.05, 0) is 33.1 Å². The fourth-order valence-electron chi connectivity index (χ4n) is 1.99. The molecule has 3 heteroatoms. The van der Waals surface area contributed by atoms with E-state index >= 15 is 0 Å². The standard InChI is InChI=1S/C10H15NO2/c1-10(2)7-8-5-3-4-6-9(8)11(12)13-10/h7H,3-6H2,1-2H3. The zero-order chi connectivity index (χ0) is 9.47. The molecule has 1 aliphatic carbocycles. The lowest BCUT2D eigenvalue weighted by atomic mass is 9.89. The topological polar surface area (TPSA) is 35.3 Å². The number of rotatable bonds is 0. The maximum Gasteiger partial charge on any atom is 0.247 e. The van der Waals surface area contributed by atoms with Crippen LogP contribution in [-0.4, -0.2) is 16.2 Å². The van der Waals surface area contributed by atoms with Gasteiger partial charge in [-0.25, -0.2) is 0 Å². The summed E-state index contributed by atoms with van der Waals surface area (Å²) in [6, 6.07) is 0. The van der Waals surface area contributed by atoms with E-state index in [2.05, 4.69) is 6.08 Å². The van der Waals surface area contributed by atoms with E-state index in [1.807, 2.05) is 13.8 Å². The zero-order valence-electron chi connectivity index (χ0n) is 8.17. The van der Waals surface area contributed by atoms with Crippen molar-refractivity contribution in [1.82, 2.24) is 0 Å². The molecule has 2 aliphatic rings. The summed E-state index contributed by atoms with van der Waals surface area (Å²) >= 11 is 0. The monoisotopic (exact) mass is 181 g/mol. The van der Waals surface area contributed by atoms with Crippen LogP contribution in [0.2, 0.25) is 0 Å². The molecule has 0 aromatic heterocycles. The van der Waals surface area contributed by atoms with E-state index in [4.69, 9.17) is 4.84 Å². The van der Waals surface area contributed by atoms with Crippen molar-refractivity contribution in [3.63, 3.8) is 0 Å². The van der Waals surface area contributed by atoms with Gasteiger partial charge in [-0.2, -0.15) is 0 Å². The molecule has 2 rings (SSSR count). The van der Waals surface area contributed by atoms with E-state index in [1.54, 1.807) is 0 Å². The Kier molecular flexibility index (Phi) is 1.82. The summed E-state index contributed by atoms with van der Waals surface area (Å²) in [5, 5.41) is 11.5. The summed E-state index contributed by atoms with van der Waals surface area (Å²) in [7, 11) is 0. The normalized spacial score (nSPS) is 26.2. The van der Waals surface area contributed by atoms with Gasteiger partial charge < -0.3 is 4.84 Å². The van der Waals surface area contributed by atoms with Crippen molar-refractivity contribution in [3.8, 4) is 0 Å². The summed E-state index contributed by atoms with van der Waals surface area (Å²) in [5.74, 6) is 0. The Morgan fingerprint density at radius 1 is 1.38 bits per heavy atom. The Bertz CT molecular complexity index is 289. The van der Waals surface area contributed by atoms with Crippen LogP contribution in [0.25, 0.3) is 0 Å². The summed E-state index contributed by atoms with van der Waals surface area (Å²) in [6.07, 6.45) is 6.27. The highest BCUT2D eigenvalue weighted by atomic mass is 16.9. The predicted octanol–water partition coefficient (Wildman–Crippen LogP) is 2.16. The van der Waals surface area contributed by atoms with Gasteiger partial charge in [-0.3, -0.25) is 5.21 Å². The van der Waals surface area contributed by atoms with Gasteiger partial charge in [0.25, 0.3) is 0 Å². The van der Waals surface area contributed by atoms with Crippen molar-refractivity contribution < 1.29 is 9.74 Å². The van der Waals surface area contributed by atoms with Crippen molar-refractivity contribution in [2.45, 2.75) is 45.1 Å². The lowest BCUT2D eigenvalue weighted by Crippen LogP contribution is -2.36. The third-order valence-electron chi connectivity index (χ3n) is 2.54. The van der Waals surface area contributed by atoms with E-state index in [9.17, 15) is 5.21 Å². The van der Waals surface area contributed by atoms with Crippen LogP contribution in [0.3, 0.4) is 0 Å². The van der Waals surface area contributed by atoms with Crippen molar-refractivity contribution in [1.29, 1.82) is 0 Å². The summed E-state index contributed by atoms with van der Waals surface area (Å²) in [5.41, 5.74) is 1.60. The third-order valence-corrected chi connectivity index (χ3v) is 2.54. The fourth-order valence-corrected chi connectivity index (χ4v) is 1.99. The van der Waals surface area contributed by atoms with E-state index in [1.165, 1.54) is 12.0 Å². The Hall–Kier alpha value is -0.990. The van der Waals surface area contributed by atoms with Crippen LogP contribution >= 0.6 is 0 Å². The van der Waals surface area contributed by atoms with Crippen molar-refractivity contribution in [2.24, 2.45) is 0 Å². The highest BCUT2D eigenvalue weighted by molar-refractivity contribution is 5.97. The average Bonchev–Trinajstić information content (AvgIpc) is 2.02. The van der Waals surface area contributed by atoms with Crippen molar-refractivity contribution >= 4 is 5.71 Å². The molecule has 0 aromatic carbocycles. The third kappa shape index (κ3) is 1.55. The number of fused-ring (bicyclic) bond motifs is 1. The molecular formula is C10H15NO2. The van der Waals surface area contributed by atoms with Gasteiger partial charge in [0.15, 0.2) is 0 Å². The molecule has 1 aliphatic heterocycles. The maximum absolute atomic E-state index is 11.5. The minimum absolute atomic E-state index is 0.433. The highest BCUT2D eigenvalue weighted by Crippen LogP contribution is 2.28. The highest BCUT2D eigenvalue weighted by Gasteiger charge is 2.31. The SMILES string of the molecule is CC1(C)C=C2CCCCC2=[N+]([O-])O1. The van der Waals surface area contributed by atoms with Crippen LogP contribution in [0.1, 0.15) is 39.5 Å². The van der Waals surface area contributed by atoms with E-state index in [-0.39, 0.29) is 0 Å². The van der Waals surface area contributed by atoms with Crippen LogP contribution in [0.4, 0.5) is 0 Å². The zero-order valence-corrected chi connectivity index (χ0v) is 8.17. The summed E-state index contributed by atoms with van der Waals surface area (Å²) in [6.45, 7) is 3.83. The molecule has 1 saturated carbocycles. The number of hydrogen-bond acceptors (Lipinski definition) is 2. The minimum atomic E-state index is -0.433. The lowest BCUT2D eigenvalue weighted by molar-refractivity contribution is -0.762. The largest absolute Gasteiger partial charge is 0.393 e. The molecule has 1 heterocycles. The summed E-state index contributed by atoms with van der Waals surface area (Å²) < 4.78 is 0. The Labute approximate surface area is 78.2 Å². The quantitative estimate of drug-likeness (QED) is 0.537. The van der Waals surface area contributed by atoms with Crippen molar-refractivity contribution in [2.75, 3.05) is 0 Å². The first-order chi connectivity index (χ1) is 6.08. The second-order valence-corrected chi connectivity index (χ2v) is 4.28. The first-order valence-corrected chi connectivity index (χ1v) is 4.83. The van der Waals surface area contributed by atoms with Gasteiger partial charge >= 0.3 is 0 Å². The molecule has 0 unspecified atom stereocenters. The molecular weight excluding hydrogens is 166 g/mol. The number of allylic oxidation sites excluding steroid dienone is 1. The smallest absolute Gasteiger partial charge is 0.247 e. The van der Waals surface area contributed by atoms with Gasteiger partial charge in [0.2, 0.25) is 5.71 Å². The lowest BCUT2D eigenvalue weighted by Gasteiger charge is -2.31. The van der Waals surface area contributed by atoms with Crippen LogP contribution in [0.5, 0.6) is 0 Å². The Morgan fingerprint density at radius 3 is 2.85 bits per heavy atom. The molecule has 0 saturated heterocycles. The summed E-state index contributed by atoms with van der Waals surface area (Å²) in [4.78, 5) is 5.92. The average molecular weight is 181 g/mol. The van der Waals surface area contributed by atoms with Gasteiger partial charge in [-0.15, -0.1) is 0 Å². The number of nitrogens with zero attached hydrogens (tertiary/aromatic N) is 1. The van der Waals surface area contributed by atoms with Gasteiger partial charge in [0.1, 0.15) is 0 Å². The predicted molar refractivity (Wildman–Crippen MR) is 50.3 cm³/mol. The van der Waals surface area contributed by atoms with Gasteiger partial charge in [0.05, 0.1) is 5.60 Å². The minimum Gasteiger partial charge on any atom is -0.393 e. The maximum atomic E-state index is 11.5. The van der Waals surface area contributed by atoms with Crippen molar-refractivity contribution in [3.05, 3.63) is 16.9 Å². The molecule has 0 radical (unpaired) electrons. The second kappa shape index (κ2) is 2.76. The van der Waals surface area contributed by atoms with Crippen LogP contribution in [-0.2, 0) is 4.84 Å². The van der Waals surface area contributed by atoms with E-state index in [0.29, 0.717) is 4.90 Å². The molecule has 1 fully saturated rings. The van der Waals surface area contributed by atoms with Crippen LogP contribution in [0, 0.1) is 5.21 Å². The molecule has 72 valence electrons. The Morgan fingerprint density at radius 2 is 2.08 bits per heavy atom. The fraction of sp³-hybridized carbons (Fsp3) is 0.700. The van der Waals surface area contributed by atoms with Crippen LogP contribution < -0.4 is 0 Å². The molecule has 0 N–H and O–H groups in total. The van der Waals surface area contributed by atoms with Gasteiger partial charge in [0, 0.05) is 16.9 Å². The molecule has 13 heavy (non-hydrogen) atoms. The molecule has 3 nitrogen and oxygen atoms in total. The van der Waals surface area contributed by atoms with E-state index < -0.39 is 5.60 Å². The number of hydrogen-bond donors (Lipinski definition) is 0.